The summed E-state index contributed by atoms with van der Waals surface area (Å²) in [4.78, 5) is 13.8. The topological polar surface area (TPSA) is 75.5 Å². The van der Waals surface area contributed by atoms with Crippen molar-refractivity contribution in [3.05, 3.63) is 76.9 Å². The van der Waals surface area contributed by atoms with Crippen molar-refractivity contribution in [2.75, 3.05) is 26.2 Å². The molecule has 2 aromatic carbocycles. The van der Waals surface area contributed by atoms with E-state index in [1.54, 1.807) is 16.8 Å². The second-order valence-electron chi connectivity index (χ2n) is 8.26. The summed E-state index contributed by atoms with van der Waals surface area (Å²) in [6.07, 6.45) is 2.31. The number of nitrogens with zero attached hydrogens (tertiary/aromatic N) is 4. The third-order valence-electron chi connectivity index (χ3n) is 6.25. The number of amides is 1. The van der Waals surface area contributed by atoms with E-state index in [9.17, 15) is 26.4 Å². The van der Waals surface area contributed by atoms with Crippen LogP contribution in [-0.4, -0.2) is 59.5 Å². The average Bonchev–Trinajstić information content (AvgIpc) is 3.42. The predicted molar refractivity (Wildman–Crippen MR) is 117 cm³/mol. The molecule has 0 radical (unpaired) electrons. The van der Waals surface area contributed by atoms with Gasteiger partial charge in [0.25, 0.3) is 5.91 Å². The molecule has 1 aliphatic carbocycles. The summed E-state index contributed by atoms with van der Waals surface area (Å²) in [7, 11) is -4.39. The van der Waals surface area contributed by atoms with E-state index >= 15 is 0 Å². The summed E-state index contributed by atoms with van der Waals surface area (Å²) in [5, 5.41) is 4.52. The Kier molecular flexibility index (Phi) is 5.68. The molecule has 2 heterocycles. The maximum Gasteiger partial charge on any atom is 0.274 e. The minimum Gasteiger partial charge on any atom is -0.335 e. The SMILES string of the molecule is O=C(c1nn(-c2ccc(F)cc2)c2c1CCC2)N1CCN(S(=O)(=O)c2c(F)cccc2F)CC1. The first-order valence-corrected chi connectivity index (χ1v) is 12.3. The molecule has 34 heavy (non-hydrogen) atoms. The van der Waals surface area contributed by atoms with Gasteiger partial charge in [-0.25, -0.2) is 26.3 Å². The van der Waals surface area contributed by atoms with Crippen LogP contribution in [0.1, 0.15) is 28.2 Å². The minimum atomic E-state index is -4.39. The fourth-order valence-electron chi connectivity index (χ4n) is 4.54. The van der Waals surface area contributed by atoms with Crippen LogP contribution in [0.25, 0.3) is 5.69 Å². The van der Waals surface area contributed by atoms with Crippen LogP contribution in [0.5, 0.6) is 0 Å². The van der Waals surface area contributed by atoms with Gasteiger partial charge >= 0.3 is 0 Å². The molecule has 1 saturated heterocycles. The van der Waals surface area contributed by atoms with E-state index in [-0.39, 0.29) is 37.9 Å². The highest BCUT2D eigenvalue weighted by atomic mass is 32.2. The van der Waals surface area contributed by atoms with Crippen molar-refractivity contribution in [1.82, 2.24) is 19.0 Å². The van der Waals surface area contributed by atoms with Gasteiger partial charge in [-0.05, 0) is 55.7 Å². The molecule has 1 amide bonds. The highest BCUT2D eigenvalue weighted by Crippen LogP contribution is 2.29. The molecule has 5 rings (SSSR count). The summed E-state index contributed by atoms with van der Waals surface area (Å²) in [5.41, 5.74) is 2.71. The molecular weight excluding hydrogens is 469 g/mol. The van der Waals surface area contributed by atoms with Gasteiger partial charge in [-0.3, -0.25) is 4.79 Å². The van der Waals surface area contributed by atoms with Gasteiger partial charge in [0.2, 0.25) is 10.0 Å². The van der Waals surface area contributed by atoms with E-state index in [1.807, 2.05) is 0 Å². The van der Waals surface area contributed by atoms with Gasteiger partial charge in [0.1, 0.15) is 17.5 Å². The van der Waals surface area contributed by atoms with Crippen molar-refractivity contribution in [1.29, 1.82) is 0 Å². The van der Waals surface area contributed by atoms with Crippen molar-refractivity contribution in [3.8, 4) is 5.69 Å². The summed E-state index contributed by atoms with van der Waals surface area (Å²) in [6.45, 7) is -0.0654. The number of rotatable bonds is 4. The molecule has 178 valence electrons. The molecule has 0 N–H and O–H groups in total. The molecule has 0 bridgehead atoms. The number of benzene rings is 2. The van der Waals surface area contributed by atoms with Crippen LogP contribution in [0.3, 0.4) is 0 Å². The van der Waals surface area contributed by atoms with Crippen LogP contribution < -0.4 is 0 Å². The Morgan fingerprint density at radius 2 is 1.53 bits per heavy atom. The van der Waals surface area contributed by atoms with Crippen LogP contribution in [0.4, 0.5) is 13.2 Å². The fourth-order valence-corrected chi connectivity index (χ4v) is 6.08. The molecule has 2 aliphatic rings. The standard InChI is InChI=1S/C23H21F3N4O3S/c24-15-7-9-16(10-8-15)30-20-6-1-3-17(20)21(27-30)23(31)28-11-13-29(14-12-28)34(32,33)22-18(25)4-2-5-19(22)26/h2,4-5,7-10H,1,3,6,11-14H2. The van der Waals surface area contributed by atoms with Crippen LogP contribution >= 0.6 is 0 Å². The van der Waals surface area contributed by atoms with E-state index < -0.39 is 26.6 Å². The molecule has 0 spiro atoms. The van der Waals surface area contributed by atoms with E-state index in [1.165, 1.54) is 17.0 Å². The van der Waals surface area contributed by atoms with Crippen molar-refractivity contribution >= 4 is 15.9 Å². The van der Waals surface area contributed by atoms with Crippen LogP contribution in [0.15, 0.2) is 47.4 Å². The first-order chi connectivity index (χ1) is 16.3. The van der Waals surface area contributed by atoms with Crippen molar-refractivity contribution in [2.45, 2.75) is 24.2 Å². The second kappa shape index (κ2) is 8.55. The van der Waals surface area contributed by atoms with E-state index in [4.69, 9.17) is 0 Å². The number of hydrogen-bond donors (Lipinski definition) is 0. The van der Waals surface area contributed by atoms with Crippen LogP contribution in [0.2, 0.25) is 0 Å². The zero-order valence-corrected chi connectivity index (χ0v) is 18.9. The molecular formula is C23H21F3N4O3S. The molecule has 1 aliphatic heterocycles. The highest BCUT2D eigenvalue weighted by molar-refractivity contribution is 7.89. The van der Waals surface area contributed by atoms with Gasteiger partial charge < -0.3 is 4.90 Å². The Hall–Kier alpha value is -3.18. The number of sulfonamides is 1. The van der Waals surface area contributed by atoms with Crippen LogP contribution in [0, 0.1) is 17.5 Å². The number of piperazine rings is 1. The number of fused-ring (bicyclic) bond motifs is 1. The van der Waals surface area contributed by atoms with E-state index in [0.29, 0.717) is 17.8 Å². The summed E-state index contributed by atoms with van der Waals surface area (Å²) < 4.78 is 69.8. The maximum absolute atomic E-state index is 14.1. The smallest absolute Gasteiger partial charge is 0.274 e. The van der Waals surface area contributed by atoms with Gasteiger partial charge in [0, 0.05) is 37.4 Å². The molecule has 1 fully saturated rings. The van der Waals surface area contributed by atoms with Gasteiger partial charge in [0.15, 0.2) is 10.6 Å². The van der Waals surface area contributed by atoms with Gasteiger partial charge in [-0.1, -0.05) is 6.07 Å². The highest BCUT2D eigenvalue weighted by Gasteiger charge is 2.36. The lowest BCUT2D eigenvalue weighted by Crippen LogP contribution is -2.51. The average molecular weight is 491 g/mol. The van der Waals surface area contributed by atoms with E-state index in [0.717, 1.165) is 46.6 Å². The zero-order chi connectivity index (χ0) is 24.0. The number of halogens is 3. The summed E-state index contributed by atoms with van der Waals surface area (Å²) in [5.74, 6) is -3.00. The second-order valence-corrected chi connectivity index (χ2v) is 10.1. The van der Waals surface area contributed by atoms with Crippen molar-refractivity contribution in [2.24, 2.45) is 0 Å². The summed E-state index contributed by atoms with van der Waals surface area (Å²) in [6, 6.07) is 8.75. The molecule has 0 unspecified atom stereocenters. The molecule has 1 aromatic heterocycles. The number of hydrogen-bond acceptors (Lipinski definition) is 4. The van der Waals surface area contributed by atoms with Crippen molar-refractivity contribution < 1.29 is 26.4 Å². The first kappa shape index (κ1) is 22.6. The Morgan fingerprint density at radius 1 is 0.882 bits per heavy atom. The largest absolute Gasteiger partial charge is 0.335 e. The Balaban J connectivity index is 1.36. The summed E-state index contributed by atoms with van der Waals surface area (Å²) >= 11 is 0. The zero-order valence-electron chi connectivity index (χ0n) is 18.0. The molecule has 7 nitrogen and oxygen atoms in total. The van der Waals surface area contributed by atoms with Crippen LogP contribution in [-0.2, 0) is 22.9 Å². The molecule has 0 saturated carbocycles. The minimum absolute atomic E-state index is 0.0618. The van der Waals surface area contributed by atoms with E-state index in [2.05, 4.69) is 5.10 Å². The first-order valence-electron chi connectivity index (χ1n) is 10.9. The van der Waals surface area contributed by atoms with Gasteiger partial charge in [0.05, 0.1) is 5.69 Å². The Labute approximate surface area is 194 Å². The molecule has 11 heteroatoms. The number of carbonyl (C=O) groups excluding carboxylic acids is 1. The Morgan fingerprint density at radius 3 is 2.18 bits per heavy atom. The lowest BCUT2D eigenvalue weighted by atomic mass is 10.1. The van der Waals surface area contributed by atoms with Gasteiger partial charge in [-0.15, -0.1) is 0 Å². The normalized spacial score (nSPS) is 16.6. The number of carbonyl (C=O) groups is 1. The van der Waals surface area contributed by atoms with Gasteiger partial charge in [-0.2, -0.15) is 9.40 Å². The molecule has 0 atom stereocenters. The maximum atomic E-state index is 14.1. The lowest BCUT2D eigenvalue weighted by molar-refractivity contribution is 0.0690. The third kappa shape index (κ3) is 3.78. The number of aromatic nitrogens is 2. The quantitative estimate of drug-likeness (QED) is 0.564. The third-order valence-corrected chi connectivity index (χ3v) is 8.20. The lowest BCUT2D eigenvalue weighted by Gasteiger charge is -2.33. The predicted octanol–water partition coefficient (Wildman–Crippen LogP) is 2.93. The van der Waals surface area contributed by atoms with Crippen molar-refractivity contribution in [3.63, 3.8) is 0 Å². The molecule has 3 aromatic rings. The fraction of sp³-hybridized carbons (Fsp3) is 0.304. The monoisotopic (exact) mass is 490 g/mol. The Bertz CT molecular complexity index is 1340.